The number of hydrogen-bond acceptors (Lipinski definition) is 3. The standard InChI is InChI=1S/C14H10F2N2O/c15-14(16)19-13-7-5-12(6-8-13)18-11-3-1-10(9-17)2-4-11/h1-8,14,18H. The number of nitriles is 1. The van der Waals surface area contributed by atoms with Crippen molar-refractivity contribution in [2.24, 2.45) is 0 Å². The molecule has 0 fully saturated rings. The third kappa shape index (κ3) is 3.68. The van der Waals surface area contributed by atoms with Crippen LogP contribution in [0, 0.1) is 11.3 Å². The summed E-state index contributed by atoms with van der Waals surface area (Å²) in [6, 6.07) is 15.1. The average molecular weight is 260 g/mol. The summed E-state index contributed by atoms with van der Waals surface area (Å²) in [7, 11) is 0. The number of halogens is 2. The predicted octanol–water partition coefficient (Wildman–Crippen LogP) is 3.90. The van der Waals surface area contributed by atoms with Gasteiger partial charge in [-0.1, -0.05) is 0 Å². The van der Waals surface area contributed by atoms with Gasteiger partial charge in [-0.3, -0.25) is 0 Å². The van der Waals surface area contributed by atoms with Crippen molar-refractivity contribution in [1.82, 2.24) is 0 Å². The monoisotopic (exact) mass is 260 g/mol. The molecule has 5 heteroatoms. The number of alkyl halides is 2. The molecule has 1 N–H and O–H groups in total. The molecule has 0 aliphatic rings. The third-order valence-corrected chi connectivity index (χ3v) is 2.38. The van der Waals surface area contributed by atoms with Crippen LogP contribution in [0.4, 0.5) is 20.2 Å². The van der Waals surface area contributed by atoms with Crippen LogP contribution in [0.1, 0.15) is 5.56 Å². The van der Waals surface area contributed by atoms with Gasteiger partial charge in [-0.2, -0.15) is 14.0 Å². The molecule has 0 aliphatic carbocycles. The van der Waals surface area contributed by atoms with Gasteiger partial charge in [-0.15, -0.1) is 0 Å². The molecule has 0 aromatic heterocycles. The fraction of sp³-hybridized carbons (Fsp3) is 0.0714. The highest BCUT2D eigenvalue weighted by molar-refractivity contribution is 5.61. The van der Waals surface area contributed by atoms with Crippen LogP contribution in [0.5, 0.6) is 5.75 Å². The second-order valence-electron chi connectivity index (χ2n) is 3.72. The van der Waals surface area contributed by atoms with E-state index in [9.17, 15) is 8.78 Å². The number of ether oxygens (including phenoxy) is 1. The maximum atomic E-state index is 12.0. The summed E-state index contributed by atoms with van der Waals surface area (Å²) in [5.41, 5.74) is 2.12. The maximum Gasteiger partial charge on any atom is 0.387 e. The van der Waals surface area contributed by atoms with Crippen LogP contribution in [-0.2, 0) is 0 Å². The SMILES string of the molecule is N#Cc1ccc(Nc2ccc(OC(F)F)cc2)cc1. The Morgan fingerprint density at radius 3 is 1.95 bits per heavy atom. The molecular formula is C14H10F2N2O. The molecule has 0 unspecified atom stereocenters. The number of nitrogens with zero attached hydrogens (tertiary/aromatic N) is 1. The van der Waals surface area contributed by atoms with Gasteiger partial charge in [0.1, 0.15) is 5.75 Å². The fourth-order valence-corrected chi connectivity index (χ4v) is 1.51. The zero-order chi connectivity index (χ0) is 13.7. The second kappa shape index (κ2) is 5.83. The van der Waals surface area contributed by atoms with Crippen molar-refractivity contribution in [2.45, 2.75) is 6.61 Å². The third-order valence-electron chi connectivity index (χ3n) is 2.38. The zero-order valence-electron chi connectivity index (χ0n) is 9.81. The molecule has 0 amide bonds. The Labute approximate surface area is 109 Å². The topological polar surface area (TPSA) is 45.0 Å². The largest absolute Gasteiger partial charge is 0.435 e. The number of hydrogen-bond donors (Lipinski definition) is 1. The Morgan fingerprint density at radius 1 is 0.947 bits per heavy atom. The van der Waals surface area contributed by atoms with Crippen LogP contribution < -0.4 is 10.1 Å². The predicted molar refractivity (Wildman–Crippen MR) is 67.5 cm³/mol. The van der Waals surface area contributed by atoms with E-state index >= 15 is 0 Å². The van der Waals surface area contributed by atoms with E-state index in [2.05, 4.69) is 10.1 Å². The lowest BCUT2D eigenvalue weighted by Crippen LogP contribution is -2.01. The quantitative estimate of drug-likeness (QED) is 0.906. The molecule has 3 nitrogen and oxygen atoms in total. The first-order valence-electron chi connectivity index (χ1n) is 5.49. The van der Waals surface area contributed by atoms with E-state index in [1.54, 1.807) is 36.4 Å². The van der Waals surface area contributed by atoms with E-state index in [1.807, 2.05) is 6.07 Å². The van der Waals surface area contributed by atoms with Crippen molar-refractivity contribution < 1.29 is 13.5 Å². The molecule has 96 valence electrons. The summed E-state index contributed by atoms with van der Waals surface area (Å²) in [6.45, 7) is -2.82. The highest BCUT2D eigenvalue weighted by Gasteiger charge is 2.03. The minimum Gasteiger partial charge on any atom is -0.435 e. The van der Waals surface area contributed by atoms with Crippen LogP contribution in [0.25, 0.3) is 0 Å². The normalized spacial score (nSPS) is 10.0. The van der Waals surface area contributed by atoms with Crippen molar-refractivity contribution in [3.63, 3.8) is 0 Å². The molecule has 0 saturated carbocycles. The molecule has 19 heavy (non-hydrogen) atoms. The average Bonchev–Trinajstić information content (AvgIpc) is 2.41. The van der Waals surface area contributed by atoms with Crippen molar-refractivity contribution in [1.29, 1.82) is 5.26 Å². The van der Waals surface area contributed by atoms with E-state index in [0.29, 0.717) is 5.56 Å². The van der Waals surface area contributed by atoms with Gasteiger partial charge in [-0.25, -0.2) is 0 Å². The second-order valence-corrected chi connectivity index (χ2v) is 3.72. The van der Waals surface area contributed by atoms with Crippen molar-refractivity contribution in [3.05, 3.63) is 54.1 Å². The van der Waals surface area contributed by atoms with Gasteiger partial charge < -0.3 is 10.1 Å². The van der Waals surface area contributed by atoms with E-state index in [0.717, 1.165) is 11.4 Å². The number of rotatable bonds is 4. The van der Waals surface area contributed by atoms with Gasteiger partial charge in [0, 0.05) is 11.4 Å². The van der Waals surface area contributed by atoms with Gasteiger partial charge in [-0.05, 0) is 48.5 Å². The lowest BCUT2D eigenvalue weighted by Gasteiger charge is -2.08. The van der Waals surface area contributed by atoms with Crippen LogP contribution in [0.15, 0.2) is 48.5 Å². The smallest absolute Gasteiger partial charge is 0.387 e. The molecule has 0 aliphatic heterocycles. The maximum absolute atomic E-state index is 12.0. The number of benzene rings is 2. The van der Waals surface area contributed by atoms with Crippen molar-refractivity contribution in [3.8, 4) is 11.8 Å². The number of nitrogens with one attached hydrogen (secondary N) is 1. The van der Waals surface area contributed by atoms with Gasteiger partial charge in [0.15, 0.2) is 0 Å². The first-order valence-corrected chi connectivity index (χ1v) is 5.49. The Hall–Kier alpha value is -2.61. The van der Waals surface area contributed by atoms with Gasteiger partial charge >= 0.3 is 6.61 Å². The Balaban J connectivity index is 2.04. The minimum absolute atomic E-state index is 0.111. The minimum atomic E-state index is -2.82. The first-order chi connectivity index (χ1) is 9.17. The summed E-state index contributed by atoms with van der Waals surface area (Å²) < 4.78 is 28.2. The first kappa shape index (κ1) is 12.8. The van der Waals surface area contributed by atoms with Gasteiger partial charge in [0.2, 0.25) is 0 Å². The summed E-state index contributed by atoms with van der Waals surface area (Å²) >= 11 is 0. The molecule has 0 saturated heterocycles. The van der Waals surface area contributed by atoms with E-state index in [1.165, 1.54) is 12.1 Å². The molecule has 2 aromatic rings. The molecule has 0 spiro atoms. The van der Waals surface area contributed by atoms with E-state index < -0.39 is 6.61 Å². The van der Waals surface area contributed by atoms with Crippen LogP contribution in [0.3, 0.4) is 0 Å². The fourth-order valence-electron chi connectivity index (χ4n) is 1.51. The van der Waals surface area contributed by atoms with E-state index in [4.69, 9.17) is 5.26 Å². The molecular weight excluding hydrogens is 250 g/mol. The Morgan fingerprint density at radius 2 is 1.47 bits per heavy atom. The molecule has 2 rings (SSSR count). The molecule has 0 bridgehead atoms. The molecule has 2 aromatic carbocycles. The Bertz CT molecular complexity index is 574. The summed E-state index contributed by atoms with van der Waals surface area (Å²) in [5, 5.41) is 11.8. The van der Waals surface area contributed by atoms with Gasteiger partial charge in [0.25, 0.3) is 0 Å². The molecule has 0 radical (unpaired) electrons. The van der Waals surface area contributed by atoms with Gasteiger partial charge in [0.05, 0.1) is 11.6 Å². The summed E-state index contributed by atoms with van der Waals surface area (Å²) in [6.07, 6.45) is 0. The van der Waals surface area contributed by atoms with Crippen molar-refractivity contribution in [2.75, 3.05) is 5.32 Å². The molecule has 0 atom stereocenters. The van der Waals surface area contributed by atoms with Crippen molar-refractivity contribution >= 4 is 11.4 Å². The summed E-state index contributed by atoms with van der Waals surface area (Å²) in [4.78, 5) is 0. The van der Waals surface area contributed by atoms with Crippen LogP contribution in [-0.4, -0.2) is 6.61 Å². The highest BCUT2D eigenvalue weighted by atomic mass is 19.3. The lowest BCUT2D eigenvalue weighted by molar-refractivity contribution is -0.0498. The number of anilines is 2. The molecule has 0 heterocycles. The van der Waals surface area contributed by atoms with Crippen LogP contribution >= 0.6 is 0 Å². The van der Waals surface area contributed by atoms with E-state index in [-0.39, 0.29) is 5.75 Å². The summed E-state index contributed by atoms with van der Waals surface area (Å²) in [5.74, 6) is 0.111. The Kier molecular flexibility index (Phi) is 3.94. The lowest BCUT2D eigenvalue weighted by atomic mass is 10.2. The zero-order valence-corrected chi connectivity index (χ0v) is 9.81. The van der Waals surface area contributed by atoms with Crippen LogP contribution in [0.2, 0.25) is 0 Å². The highest BCUT2D eigenvalue weighted by Crippen LogP contribution is 2.21.